The van der Waals surface area contributed by atoms with Gasteiger partial charge in [-0.3, -0.25) is 14.2 Å². The molecule has 1 amide bonds. The molecule has 2 aromatic rings. The standard InChI is InChI=1S/C17H17FN6O2/c1-9-6-10(22-13-7-12(19)20-8-21-13)16(26)24-14(9)15(25)23-17(24)5-3-2-4-11(17)18/h3,5-8,11H,2,4H2,1H3,(H,23,25)(H3,19,20,21,22). The Morgan fingerprint density at radius 2 is 2.19 bits per heavy atom. The summed E-state index contributed by atoms with van der Waals surface area (Å²) in [7, 11) is 0. The van der Waals surface area contributed by atoms with Crippen molar-refractivity contribution in [2.75, 3.05) is 11.1 Å². The fourth-order valence-corrected chi connectivity index (χ4v) is 3.51. The summed E-state index contributed by atoms with van der Waals surface area (Å²) >= 11 is 0. The zero-order valence-electron chi connectivity index (χ0n) is 14.0. The Kier molecular flexibility index (Phi) is 3.53. The number of pyridine rings is 1. The molecule has 1 aliphatic heterocycles. The number of aromatic nitrogens is 3. The van der Waals surface area contributed by atoms with E-state index in [1.807, 2.05) is 0 Å². The van der Waals surface area contributed by atoms with Crippen molar-refractivity contribution in [3.05, 3.63) is 52.2 Å². The molecule has 2 atom stereocenters. The number of fused-ring (bicyclic) bond motifs is 2. The molecule has 0 bridgehead atoms. The van der Waals surface area contributed by atoms with Crippen molar-refractivity contribution in [3.8, 4) is 0 Å². The summed E-state index contributed by atoms with van der Waals surface area (Å²) in [4.78, 5) is 33.4. The number of hydrogen-bond donors (Lipinski definition) is 3. The summed E-state index contributed by atoms with van der Waals surface area (Å²) in [6, 6.07) is 3.02. The number of allylic oxidation sites excluding steroid dienone is 1. The molecule has 1 aliphatic carbocycles. The highest BCUT2D eigenvalue weighted by molar-refractivity contribution is 5.97. The number of nitrogen functional groups attached to an aromatic ring is 1. The maximum Gasteiger partial charge on any atom is 0.277 e. The lowest BCUT2D eigenvalue weighted by molar-refractivity contribution is 0.0833. The molecule has 2 aromatic heterocycles. The number of amides is 1. The number of nitrogens with two attached hydrogens (primary N) is 1. The Morgan fingerprint density at radius 1 is 1.38 bits per heavy atom. The molecule has 8 nitrogen and oxygen atoms in total. The van der Waals surface area contributed by atoms with Crippen LogP contribution in [-0.2, 0) is 5.66 Å². The van der Waals surface area contributed by atoms with Crippen molar-refractivity contribution in [1.82, 2.24) is 19.9 Å². The Labute approximate surface area is 148 Å². The topological polar surface area (TPSA) is 115 Å². The van der Waals surface area contributed by atoms with Gasteiger partial charge in [0.05, 0.1) is 0 Å². The maximum atomic E-state index is 14.8. The first-order valence-electron chi connectivity index (χ1n) is 8.18. The molecular formula is C17H17FN6O2. The molecule has 3 heterocycles. The molecule has 0 saturated carbocycles. The second kappa shape index (κ2) is 5.65. The van der Waals surface area contributed by atoms with E-state index in [0.717, 1.165) is 0 Å². The van der Waals surface area contributed by atoms with Gasteiger partial charge in [0, 0.05) is 6.07 Å². The van der Waals surface area contributed by atoms with E-state index in [1.54, 1.807) is 25.1 Å². The molecule has 26 heavy (non-hydrogen) atoms. The molecule has 134 valence electrons. The fourth-order valence-electron chi connectivity index (χ4n) is 3.51. The Bertz CT molecular complexity index is 1000. The molecule has 2 unspecified atom stereocenters. The summed E-state index contributed by atoms with van der Waals surface area (Å²) in [5, 5.41) is 5.54. The number of rotatable bonds is 2. The Hall–Kier alpha value is -3.23. The third-order valence-corrected chi connectivity index (χ3v) is 4.68. The first-order valence-corrected chi connectivity index (χ1v) is 8.18. The summed E-state index contributed by atoms with van der Waals surface area (Å²) in [5.41, 5.74) is 4.51. The zero-order chi connectivity index (χ0) is 18.5. The normalized spacial score (nSPS) is 23.8. The number of carbonyl (C=O) groups is 1. The summed E-state index contributed by atoms with van der Waals surface area (Å²) < 4.78 is 16.0. The molecular weight excluding hydrogens is 339 g/mol. The van der Waals surface area contributed by atoms with Gasteiger partial charge in [-0.25, -0.2) is 14.4 Å². The predicted octanol–water partition coefficient (Wildman–Crippen LogP) is 1.36. The van der Waals surface area contributed by atoms with Gasteiger partial charge in [-0.15, -0.1) is 0 Å². The van der Waals surface area contributed by atoms with Gasteiger partial charge in [0.1, 0.15) is 35.5 Å². The number of alkyl halides is 1. The van der Waals surface area contributed by atoms with Crippen molar-refractivity contribution in [2.24, 2.45) is 0 Å². The van der Waals surface area contributed by atoms with Gasteiger partial charge in [-0.1, -0.05) is 6.08 Å². The maximum absolute atomic E-state index is 14.8. The van der Waals surface area contributed by atoms with Crippen LogP contribution in [0.3, 0.4) is 0 Å². The van der Waals surface area contributed by atoms with Crippen LogP contribution in [0.25, 0.3) is 0 Å². The minimum Gasteiger partial charge on any atom is -0.384 e. The minimum absolute atomic E-state index is 0.164. The number of hydrogen-bond acceptors (Lipinski definition) is 6. The lowest BCUT2D eigenvalue weighted by atomic mass is 9.94. The molecule has 0 aromatic carbocycles. The van der Waals surface area contributed by atoms with E-state index in [2.05, 4.69) is 20.6 Å². The highest BCUT2D eigenvalue weighted by Crippen LogP contribution is 2.35. The summed E-state index contributed by atoms with van der Waals surface area (Å²) in [5.74, 6) is 0.108. The van der Waals surface area contributed by atoms with Crippen molar-refractivity contribution < 1.29 is 9.18 Å². The van der Waals surface area contributed by atoms with Crippen LogP contribution >= 0.6 is 0 Å². The van der Waals surface area contributed by atoms with Crippen LogP contribution in [0.15, 0.2) is 35.4 Å². The number of aryl methyl sites for hydroxylation is 1. The van der Waals surface area contributed by atoms with E-state index in [0.29, 0.717) is 17.8 Å². The largest absolute Gasteiger partial charge is 0.384 e. The lowest BCUT2D eigenvalue weighted by Gasteiger charge is -2.34. The van der Waals surface area contributed by atoms with Gasteiger partial charge < -0.3 is 16.4 Å². The third kappa shape index (κ3) is 2.27. The van der Waals surface area contributed by atoms with Crippen LogP contribution in [0.1, 0.15) is 28.9 Å². The van der Waals surface area contributed by atoms with Gasteiger partial charge in [0.2, 0.25) is 0 Å². The van der Waals surface area contributed by atoms with Crippen molar-refractivity contribution in [1.29, 1.82) is 0 Å². The van der Waals surface area contributed by atoms with E-state index in [9.17, 15) is 14.0 Å². The minimum atomic E-state index is -1.49. The van der Waals surface area contributed by atoms with Crippen LogP contribution in [0.2, 0.25) is 0 Å². The van der Waals surface area contributed by atoms with E-state index in [-0.39, 0.29) is 23.6 Å². The van der Waals surface area contributed by atoms with E-state index >= 15 is 0 Å². The SMILES string of the molecule is Cc1cc(Nc2cc(N)ncn2)c(=O)n2c1C(=O)NC21C=CCCC1F. The highest BCUT2D eigenvalue weighted by atomic mass is 19.1. The van der Waals surface area contributed by atoms with Gasteiger partial charge in [-0.2, -0.15) is 0 Å². The average molecular weight is 356 g/mol. The van der Waals surface area contributed by atoms with Gasteiger partial charge in [0.25, 0.3) is 11.5 Å². The first-order chi connectivity index (χ1) is 12.4. The highest BCUT2D eigenvalue weighted by Gasteiger charge is 2.49. The van der Waals surface area contributed by atoms with E-state index < -0.39 is 23.3 Å². The monoisotopic (exact) mass is 356 g/mol. The number of carbonyl (C=O) groups excluding carboxylic acids is 1. The second-order valence-corrected chi connectivity index (χ2v) is 6.41. The Morgan fingerprint density at radius 3 is 2.92 bits per heavy atom. The molecule has 0 saturated heterocycles. The molecule has 0 radical (unpaired) electrons. The van der Waals surface area contributed by atoms with Crippen molar-refractivity contribution >= 4 is 23.2 Å². The van der Waals surface area contributed by atoms with Crippen LogP contribution in [0.5, 0.6) is 0 Å². The fraction of sp³-hybridized carbons (Fsp3) is 0.294. The average Bonchev–Trinajstić information content (AvgIpc) is 2.89. The Balaban J connectivity index is 1.90. The number of nitrogens with zero attached hydrogens (tertiary/aromatic N) is 3. The predicted molar refractivity (Wildman–Crippen MR) is 93.9 cm³/mol. The van der Waals surface area contributed by atoms with Crippen LogP contribution in [0.4, 0.5) is 21.7 Å². The van der Waals surface area contributed by atoms with Gasteiger partial charge >= 0.3 is 0 Å². The van der Waals surface area contributed by atoms with Crippen molar-refractivity contribution in [3.63, 3.8) is 0 Å². The number of nitrogens with one attached hydrogen (secondary N) is 2. The zero-order valence-corrected chi connectivity index (χ0v) is 14.0. The molecule has 2 aliphatic rings. The van der Waals surface area contributed by atoms with Crippen LogP contribution in [-0.4, -0.2) is 26.6 Å². The molecule has 0 fully saturated rings. The smallest absolute Gasteiger partial charge is 0.277 e. The van der Waals surface area contributed by atoms with E-state index in [4.69, 9.17) is 5.73 Å². The molecule has 9 heteroatoms. The summed E-state index contributed by atoms with van der Waals surface area (Å²) in [6.45, 7) is 1.70. The summed E-state index contributed by atoms with van der Waals surface area (Å²) in [6.07, 6.45) is 3.98. The second-order valence-electron chi connectivity index (χ2n) is 6.41. The lowest BCUT2D eigenvalue weighted by Crippen LogP contribution is -2.54. The van der Waals surface area contributed by atoms with Crippen molar-refractivity contribution in [2.45, 2.75) is 31.6 Å². The number of anilines is 3. The van der Waals surface area contributed by atoms with Gasteiger partial charge in [-0.05, 0) is 37.5 Å². The number of halogens is 1. The van der Waals surface area contributed by atoms with E-state index in [1.165, 1.54) is 17.0 Å². The molecule has 4 rings (SSSR count). The molecule has 4 N–H and O–H groups in total. The molecule has 1 spiro atoms. The third-order valence-electron chi connectivity index (χ3n) is 4.68. The van der Waals surface area contributed by atoms with Gasteiger partial charge in [0.15, 0.2) is 5.66 Å². The quantitative estimate of drug-likeness (QED) is 0.700. The van der Waals surface area contributed by atoms with Crippen LogP contribution in [0, 0.1) is 6.92 Å². The first kappa shape index (κ1) is 16.2. The van der Waals surface area contributed by atoms with Crippen LogP contribution < -0.4 is 21.9 Å².